The van der Waals surface area contributed by atoms with E-state index in [0.717, 1.165) is 33.8 Å². The van der Waals surface area contributed by atoms with E-state index in [2.05, 4.69) is 29.1 Å². The number of carbonyl (C=O) groups is 1. The number of fused-ring (bicyclic) bond motifs is 1. The van der Waals surface area contributed by atoms with Crippen molar-refractivity contribution in [1.29, 1.82) is 0 Å². The van der Waals surface area contributed by atoms with Crippen LogP contribution in [0.3, 0.4) is 0 Å². The Kier molecular flexibility index (Phi) is 3.68. The van der Waals surface area contributed by atoms with E-state index in [1.807, 2.05) is 36.4 Å². The lowest BCUT2D eigenvalue weighted by molar-refractivity contribution is 0.0932. The molecular formula is C19H21N3OS. The molecule has 4 nitrogen and oxygen atoms in total. The number of benzene rings is 1. The second-order valence-corrected chi connectivity index (χ2v) is 8.39. The van der Waals surface area contributed by atoms with E-state index in [9.17, 15) is 4.79 Å². The molecule has 1 amide bonds. The summed E-state index contributed by atoms with van der Waals surface area (Å²) in [5, 5.41) is 4.13. The van der Waals surface area contributed by atoms with Crippen LogP contribution in [0.15, 0.2) is 36.4 Å². The van der Waals surface area contributed by atoms with Crippen LogP contribution in [0.1, 0.15) is 43.6 Å². The molecule has 4 rings (SSSR count). The number of nitrogens with one attached hydrogen (secondary N) is 2. The van der Waals surface area contributed by atoms with Crippen LogP contribution < -0.4 is 5.32 Å². The van der Waals surface area contributed by atoms with Crippen LogP contribution in [0.25, 0.3) is 20.9 Å². The van der Waals surface area contributed by atoms with Gasteiger partial charge in [-0.3, -0.25) is 4.79 Å². The number of aromatic nitrogens is 2. The monoisotopic (exact) mass is 339 g/mol. The van der Waals surface area contributed by atoms with Crippen molar-refractivity contribution >= 4 is 27.6 Å². The molecule has 2 N–H and O–H groups in total. The topological polar surface area (TPSA) is 57.8 Å². The van der Waals surface area contributed by atoms with Gasteiger partial charge in [-0.1, -0.05) is 44.2 Å². The summed E-state index contributed by atoms with van der Waals surface area (Å²) in [6.07, 6.45) is 3.27. The lowest BCUT2D eigenvalue weighted by Gasteiger charge is -2.17. The van der Waals surface area contributed by atoms with Gasteiger partial charge < -0.3 is 10.3 Å². The fourth-order valence-corrected chi connectivity index (χ4v) is 4.43. The van der Waals surface area contributed by atoms with Crippen LogP contribution in [0, 0.1) is 5.41 Å². The van der Waals surface area contributed by atoms with Crippen LogP contribution in [0.2, 0.25) is 0 Å². The number of hydrogen-bond acceptors (Lipinski definition) is 3. The molecule has 24 heavy (non-hydrogen) atoms. The van der Waals surface area contributed by atoms with Crippen molar-refractivity contribution in [2.45, 2.75) is 39.2 Å². The van der Waals surface area contributed by atoms with Crippen molar-refractivity contribution in [2.24, 2.45) is 5.41 Å². The Labute approximate surface area is 145 Å². The van der Waals surface area contributed by atoms with Crippen molar-refractivity contribution in [1.82, 2.24) is 15.3 Å². The highest BCUT2D eigenvalue weighted by Gasteiger charge is 2.32. The number of aromatic amines is 1. The van der Waals surface area contributed by atoms with Crippen LogP contribution in [0.5, 0.6) is 0 Å². The van der Waals surface area contributed by atoms with E-state index in [-0.39, 0.29) is 11.9 Å². The molecular weight excluding hydrogens is 318 g/mol. The molecule has 2 heterocycles. The fraction of sp³-hybridized carbons (Fsp3) is 0.368. The van der Waals surface area contributed by atoms with Crippen LogP contribution in [0.4, 0.5) is 0 Å². The van der Waals surface area contributed by atoms with Crippen LogP contribution in [-0.2, 0) is 0 Å². The van der Waals surface area contributed by atoms with Crippen LogP contribution in [-0.4, -0.2) is 21.9 Å². The van der Waals surface area contributed by atoms with Crippen molar-refractivity contribution in [3.63, 3.8) is 0 Å². The second kappa shape index (κ2) is 5.74. The molecule has 1 atom stereocenters. The summed E-state index contributed by atoms with van der Waals surface area (Å²) in [4.78, 5) is 20.3. The predicted molar refractivity (Wildman–Crippen MR) is 98.3 cm³/mol. The zero-order valence-electron chi connectivity index (χ0n) is 13.9. The third kappa shape index (κ3) is 2.96. The lowest BCUT2D eigenvalue weighted by Crippen LogP contribution is -2.33. The Balaban J connectivity index is 1.51. The van der Waals surface area contributed by atoms with E-state index in [1.54, 1.807) is 11.3 Å². The molecule has 0 saturated heterocycles. The van der Waals surface area contributed by atoms with Crippen molar-refractivity contribution in [3.05, 3.63) is 42.1 Å². The fourth-order valence-electron chi connectivity index (χ4n) is 3.46. The number of hydrogen-bond donors (Lipinski definition) is 2. The number of rotatable bonds is 3. The van der Waals surface area contributed by atoms with Gasteiger partial charge in [-0.05, 0) is 30.7 Å². The number of thiazole rings is 1. The highest BCUT2D eigenvalue weighted by atomic mass is 32.1. The first-order valence-electron chi connectivity index (χ1n) is 8.36. The molecule has 1 aliphatic carbocycles. The van der Waals surface area contributed by atoms with Crippen LogP contribution >= 0.6 is 11.3 Å². The maximum atomic E-state index is 12.5. The summed E-state index contributed by atoms with van der Waals surface area (Å²) in [7, 11) is 0. The summed E-state index contributed by atoms with van der Waals surface area (Å²) in [5.41, 5.74) is 2.83. The number of carbonyl (C=O) groups excluding carboxylic acids is 1. The molecule has 0 aliphatic heterocycles. The van der Waals surface area contributed by atoms with Gasteiger partial charge in [0.2, 0.25) is 0 Å². The molecule has 0 radical (unpaired) electrons. The van der Waals surface area contributed by atoms with Gasteiger partial charge in [-0.25, -0.2) is 4.98 Å². The summed E-state index contributed by atoms with van der Waals surface area (Å²) >= 11 is 1.61. The average molecular weight is 339 g/mol. The number of nitrogens with zero attached hydrogens (tertiary/aromatic N) is 1. The molecule has 1 fully saturated rings. The van der Waals surface area contributed by atoms with Gasteiger partial charge in [-0.2, -0.15) is 0 Å². The van der Waals surface area contributed by atoms with Gasteiger partial charge in [0, 0.05) is 11.6 Å². The van der Waals surface area contributed by atoms with E-state index in [4.69, 9.17) is 0 Å². The highest BCUT2D eigenvalue weighted by Crippen LogP contribution is 2.37. The third-order valence-corrected chi connectivity index (χ3v) is 5.80. The Hall–Kier alpha value is -2.14. The standard InChI is InChI=1S/C19H21N3OS/c1-19(2)9-8-13(11-19)20-17(23)14-10-15-16(21-14)22-18(24-15)12-6-4-3-5-7-12/h3-7,10,13,21H,8-9,11H2,1-2H3,(H,20,23). The Bertz CT molecular complexity index is 847. The first-order chi connectivity index (χ1) is 11.5. The minimum Gasteiger partial charge on any atom is -0.348 e. The second-order valence-electron chi connectivity index (χ2n) is 7.36. The minimum absolute atomic E-state index is 0.0239. The first kappa shape index (κ1) is 15.4. The number of H-pyrrole nitrogens is 1. The smallest absolute Gasteiger partial charge is 0.268 e. The van der Waals surface area contributed by atoms with E-state index < -0.39 is 0 Å². The zero-order chi connectivity index (χ0) is 16.7. The highest BCUT2D eigenvalue weighted by molar-refractivity contribution is 7.21. The maximum Gasteiger partial charge on any atom is 0.268 e. The predicted octanol–water partition coefficient (Wildman–Crippen LogP) is 4.60. The summed E-state index contributed by atoms with van der Waals surface area (Å²) < 4.78 is 1.02. The minimum atomic E-state index is -0.0239. The Morgan fingerprint density at radius 1 is 1.33 bits per heavy atom. The molecule has 124 valence electrons. The van der Waals surface area contributed by atoms with Crippen molar-refractivity contribution in [2.75, 3.05) is 0 Å². The largest absolute Gasteiger partial charge is 0.348 e. The van der Waals surface area contributed by atoms with Gasteiger partial charge in [0.25, 0.3) is 5.91 Å². The molecule has 1 unspecified atom stereocenters. The zero-order valence-corrected chi connectivity index (χ0v) is 14.7. The summed E-state index contributed by atoms with van der Waals surface area (Å²) in [6, 6.07) is 12.3. The van der Waals surface area contributed by atoms with Gasteiger partial charge in [0.15, 0.2) is 0 Å². The molecule has 3 aromatic rings. The molecule has 0 spiro atoms. The third-order valence-electron chi connectivity index (χ3n) is 4.75. The molecule has 1 aliphatic rings. The molecule has 0 bridgehead atoms. The van der Waals surface area contributed by atoms with Gasteiger partial charge in [0.1, 0.15) is 16.3 Å². The quantitative estimate of drug-likeness (QED) is 0.732. The van der Waals surface area contributed by atoms with Gasteiger partial charge in [-0.15, -0.1) is 11.3 Å². The molecule has 1 saturated carbocycles. The lowest BCUT2D eigenvalue weighted by atomic mass is 9.92. The molecule has 1 aromatic carbocycles. The first-order valence-corrected chi connectivity index (χ1v) is 9.18. The van der Waals surface area contributed by atoms with E-state index in [0.29, 0.717) is 11.1 Å². The normalized spacial score (nSPS) is 19.7. The van der Waals surface area contributed by atoms with Crippen molar-refractivity contribution in [3.8, 4) is 10.6 Å². The van der Waals surface area contributed by atoms with Gasteiger partial charge >= 0.3 is 0 Å². The van der Waals surface area contributed by atoms with Gasteiger partial charge in [0.05, 0.1) is 4.70 Å². The SMILES string of the molecule is CC1(C)CCC(NC(=O)c2cc3sc(-c4ccccc4)nc3[nH]2)C1. The molecule has 2 aromatic heterocycles. The van der Waals surface area contributed by atoms with E-state index in [1.165, 1.54) is 6.42 Å². The Morgan fingerprint density at radius 3 is 2.79 bits per heavy atom. The summed E-state index contributed by atoms with van der Waals surface area (Å²) in [6.45, 7) is 4.53. The maximum absolute atomic E-state index is 12.5. The van der Waals surface area contributed by atoms with E-state index >= 15 is 0 Å². The summed E-state index contributed by atoms with van der Waals surface area (Å²) in [5.74, 6) is -0.0239. The van der Waals surface area contributed by atoms with Crippen molar-refractivity contribution < 1.29 is 4.79 Å². The Morgan fingerprint density at radius 2 is 2.12 bits per heavy atom. The number of amides is 1. The average Bonchev–Trinajstić information content (AvgIpc) is 3.20. The molecule has 5 heteroatoms.